The minimum absolute atomic E-state index is 0.0327. The molecule has 2 amide bonds. The monoisotopic (exact) mass is 603 g/mol. The number of carbonyl (C=O) groups excluding carboxylic acids is 2. The van der Waals surface area contributed by atoms with Crippen LogP contribution in [0.4, 0.5) is 5.69 Å². The first kappa shape index (κ1) is 31.5. The summed E-state index contributed by atoms with van der Waals surface area (Å²) in [6, 6.07) is 18.8. The lowest BCUT2D eigenvalue weighted by Crippen LogP contribution is -2.53. The van der Waals surface area contributed by atoms with E-state index < -0.39 is 28.5 Å². The maximum absolute atomic E-state index is 14.1. The second-order valence-electron chi connectivity index (χ2n) is 9.65. The summed E-state index contributed by atoms with van der Waals surface area (Å²) >= 11 is 12.4. The number of hydrogen-bond donors (Lipinski definition) is 1. The van der Waals surface area contributed by atoms with Crippen LogP contribution in [0, 0.1) is 6.92 Å². The molecule has 0 aromatic heterocycles. The van der Waals surface area contributed by atoms with Crippen LogP contribution in [0.5, 0.6) is 0 Å². The molecule has 0 saturated carbocycles. The number of aryl methyl sites for hydroxylation is 1. The first-order valence-corrected chi connectivity index (χ1v) is 15.4. The number of nitrogens with one attached hydrogen (secondary N) is 1. The van der Waals surface area contributed by atoms with Crippen LogP contribution >= 0.6 is 23.2 Å². The summed E-state index contributed by atoms with van der Waals surface area (Å²) in [5, 5.41) is 3.87. The lowest BCUT2D eigenvalue weighted by Gasteiger charge is -2.33. The highest BCUT2D eigenvalue weighted by Crippen LogP contribution is 2.28. The fourth-order valence-electron chi connectivity index (χ4n) is 4.13. The Morgan fingerprint density at radius 1 is 0.925 bits per heavy atom. The molecule has 0 aliphatic heterocycles. The minimum atomic E-state index is -4.16. The van der Waals surface area contributed by atoms with Gasteiger partial charge in [-0.25, -0.2) is 8.42 Å². The Morgan fingerprint density at radius 3 is 2.15 bits per heavy atom. The summed E-state index contributed by atoms with van der Waals surface area (Å²) in [5.41, 5.74) is 1.77. The highest BCUT2D eigenvalue weighted by molar-refractivity contribution is 7.92. The van der Waals surface area contributed by atoms with Crippen molar-refractivity contribution in [3.05, 3.63) is 94.0 Å². The standard InChI is InChI=1S/C30H35Cl2N3O4S/c1-5-22(4)33-30(37)28(6-2)34(19-23-13-15-24(31)16-14-23)29(36)20-35(25-17-12-21(3)27(32)18-25)40(38,39)26-10-8-7-9-11-26/h7-18,22,28H,5-6,19-20H2,1-4H3,(H,33,37)/t22-,28+/m1/s1. The molecule has 10 heteroatoms. The quantitative estimate of drug-likeness (QED) is 0.266. The highest BCUT2D eigenvalue weighted by Gasteiger charge is 2.34. The molecule has 2 atom stereocenters. The predicted molar refractivity (Wildman–Crippen MR) is 161 cm³/mol. The van der Waals surface area contributed by atoms with E-state index in [0.717, 1.165) is 21.9 Å². The van der Waals surface area contributed by atoms with E-state index in [1.54, 1.807) is 54.6 Å². The van der Waals surface area contributed by atoms with Crippen molar-refractivity contribution in [1.29, 1.82) is 0 Å². The number of rotatable bonds is 12. The second-order valence-corrected chi connectivity index (χ2v) is 12.4. The molecule has 0 spiro atoms. The maximum Gasteiger partial charge on any atom is 0.264 e. The number of halogens is 2. The zero-order valence-electron chi connectivity index (χ0n) is 23.1. The molecule has 0 aliphatic rings. The molecule has 0 bridgehead atoms. The molecule has 3 aromatic carbocycles. The van der Waals surface area contributed by atoms with E-state index in [0.29, 0.717) is 16.5 Å². The van der Waals surface area contributed by atoms with Crippen molar-refractivity contribution in [3.63, 3.8) is 0 Å². The van der Waals surface area contributed by atoms with Gasteiger partial charge in [-0.15, -0.1) is 0 Å². The number of amides is 2. The van der Waals surface area contributed by atoms with Crippen molar-refractivity contribution in [2.75, 3.05) is 10.8 Å². The molecule has 3 rings (SSSR count). The van der Waals surface area contributed by atoms with Gasteiger partial charge in [0.1, 0.15) is 12.6 Å². The first-order chi connectivity index (χ1) is 19.0. The van der Waals surface area contributed by atoms with Crippen LogP contribution in [0.2, 0.25) is 10.0 Å². The molecular formula is C30H35Cl2N3O4S. The van der Waals surface area contributed by atoms with E-state index >= 15 is 0 Å². The average Bonchev–Trinajstić information content (AvgIpc) is 2.94. The molecule has 40 heavy (non-hydrogen) atoms. The number of carbonyl (C=O) groups is 2. The van der Waals surface area contributed by atoms with Gasteiger partial charge >= 0.3 is 0 Å². The summed E-state index contributed by atoms with van der Waals surface area (Å²) in [7, 11) is -4.16. The molecule has 1 N–H and O–H groups in total. The van der Waals surface area contributed by atoms with E-state index in [9.17, 15) is 18.0 Å². The van der Waals surface area contributed by atoms with Crippen molar-refractivity contribution >= 4 is 50.7 Å². The van der Waals surface area contributed by atoms with Crippen molar-refractivity contribution in [2.24, 2.45) is 0 Å². The van der Waals surface area contributed by atoms with Gasteiger partial charge in [-0.2, -0.15) is 0 Å². The second kappa shape index (κ2) is 14.0. The normalized spacial score (nSPS) is 12.8. The van der Waals surface area contributed by atoms with Crippen molar-refractivity contribution in [2.45, 2.75) is 64.1 Å². The Morgan fingerprint density at radius 2 is 1.57 bits per heavy atom. The van der Waals surface area contributed by atoms with Crippen LogP contribution in [0.3, 0.4) is 0 Å². The lowest BCUT2D eigenvalue weighted by atomic mass is 10.1. The molecule has 0 saturated heterocycles. The fraction of sp³-hybridized carbons (Fsp3) is 0.333. The van der Waals surface area contributed by atoms with Crippen LogP contribution in [-0.4, -0.2) is 43.8 Å². The van der Waals surface area contributed by atoms with Gasteiger partial charge in [0.25, 0.3) is 10.0 Å². The fourth-order valence-corrected chi connectivity index (χ4v) is 5.86. The largest absolute Gasteiger partial charge is 0.352 e. The summed E-state index contributed by atoms with van der Waals surface area (Å²) in [6.45, 7) is 7.05. The zero-order chi connectivity index (χ0) is 29.4. The number of hydrogen-bond acceptors (Lipinski definition) is 4. The summed E-state index contributed by atoms with van der Waals surface area (Å²) < 4.78 is 28.8. The molecule has 0 fully saturated rings. The van der Waals surface area contributed by atoms with Gasteiger partial charge in [-0.1, -0.05) is 73.4 Å². The van der Waals surface area contributed by atoms with Crippen LogP contribution < -0.4 is 9.62 Å². The molecular weight excluding hydrogens is 569 g/mol. The van der Waals surface area contributed by atoms with Crippen molar-refractivity contribution in [1.82, 2.24) is 10.2 Å². The van der Waals surface area contributed by atoms with Gasteiger partial charge in [0, 0.05) is 22.6 Å². The number of sulfonamides is 1. The van der Waals surface area contributed by atoms with Gasteiger partial charge in [0.05, 0.1) is 10.6 Å². The Hall–Kier alpha value is -3.07. The zero-order valence-corrected chi connectivity index (χ0v) is 25.4. The molecule has 7 nitrogen and oxygen atoms in total. The minimum Gasteiger partial charge on any atom is -0.352 e. The SMILES string of the molecule is CC[C@@H](C)NC(=O)[C@H](CC)N(Cc1ccc(Cl)cc1)C(=O)CN(c1ccc(C)c(Cl)c1)S(=O)(=O)c1ccccc1. The highest BCUT2D eigenvalue weighted by atomic mass is 35.5. The molecule has 0 unspecified atom stereocenters. The van der Waals surface area contributed by atoms with Gasteiger partial charge in [0.15, 0.2) is 0 Å². The summed E-state index contributed by atoms with van der Waals surface area (Å²) in [6.07, 6.45) is 1.06. The van der Waals surface area contributed by atoms with Gasteiger partial charge in [-0.3, -0.25) is 13.9 Å². The van der Waals surface area contributed by atoms with E-state index in [4.69, 9.17) is 23.2 Å². The Kier molecular flexibility index (Phi) is 11.0. The third kappa shape index (κ3) is 7.77. The third-order valence-corrected chi connectivity index (χ3v) is 9.15. The van der Waals surface area contributed by atoms with E-state index in [1.807, 2.05) is 27.7 Å². The van der Waals surface area contributed by atoms with Crippen LogP contribution in [-0.2, 0) is 26.2 Å². The van der Waals surface area contributed by atoms with Crippen molar-refractivity contribution < 1.29 is 18.0 Å². The van der Waals surface area contributed by atoms with Gasteiger partial charge in [-0.05, 0) is 74.2 Å². The van der Waals surface area contributed by atoms with Gasteiger partial charge in [0.2, 0.25) is 11.8 Å². The molecule has 3 aromatic rings. The lowest BCUT2D eigenvalue weighted by molar-refractivity contribution is -0.140. The molecule has 0 aliphatic carbocycles. The first-order valence-electron chi connectivity index (χ1n) is 13.2. The summed E-state index contributed by atoms with van der Waals surface area (Å²) in [4.78, 5) is 28.9. The predicted octanol–water partition coefficient (Wildman–Crippen LogP) is 6.22. The Labute approximate surface area is 247 Å². The van der Waals surface area contributed by atoms with Crippen LogP contribution in [0.25, 0.3) is 0 Å². The maximum atomic E-state index is 14.1. The summed E-state index contributed by atoms with van der Waals surface area (Å²) in [5.74, 6) is -0.827. The van der Waals surface area contributed by atoms with Gasteiger partial charge < -0.3 is 10.2 Å². The molecule has 0 heterocycles. The average molecular weight is 605 g/mol. The number of benzene rings is 3. The van der Waals surface area contributed by atoms with E-state index in [-0.39, 0.29) is 29.1 Å². The van der Waals surface area contributed by atoms with E-state index in [2.05, 4.69) is 5.32 Å². The topological polar surface area (TPSA) is 86.8 Å². The molecule has 214 valence electrons. The van der Waals surface area contributed by atoms with Crippen molar-refractivity contribution in [3.8, 4) is 0 Å². The van der Waals surface area contributed by atoms with Crippen LogP contribution in [0.1, 0.15) is 44.7 Å². The molecule has 0 radical (unpaired) electrons. The number of nitrogens with zero attached hydrogens (tertiary/aromatic N) is 2. The Balaban J connectivity index is 2.06. The van der Waals surface area contributed by atoms with Crippen LogP contribution in [0.15, 0.2) is 77.7 Å². The number of anilines is 1. The van der Waals surface area contributed by atoms with E-state index in [1.165, 1.54) is 23.1 Å². The Bertz CT molecular complexity index is 1420. The third-order valence-electron chi connectivity index (χ3n) is 6.71. The smallest absolute Gasteiger partial charge is 0.264 e.